The molecule has 4 N–H and O–H groups in total. The molecule has 2 aromatic rings. The summed E-state index contributed by atoms with van der Waals surface area (Å²) in [6.07, 6.45) is 4.30. The number of nitrogens with one attached hydrogen (secondary N) is 3. The maximum Gasteiger partial charge on any atom is 0.224 e. The van der Waals surface area contributed by atoms with Crippen molar-refractivity contribution in [3.63, 3.8) is 0 Å². The number of rotatable bonds is 6. The molecule has 0 aliphatic heterocycles. The van der Waals surface area contributed by atoms with Gasteiger partial charge in [-0.15, -0.1) is 0 Å². The van der Waals surface area contributed by atoms with Gasteiger partial charge in [0.05, 0.1) is 12.3 Å². The van der Waals surface area contributed by atoms with E-state index in [4.69, 9.17) is 0 Å². The van der Waals surface area contributed by atoms with E-state index in [0.717, 1.165) is 12.1 Å². The molecule has 0 unspecified atom stereocenters. The number of nitrogens with zero attached hydrogens (tertiary/aromatic N) is 4. The summed E-state index contributed by atoms with van der Waals surface area (Å²) >= 11 is 0. The van der Waals surface area contributed by atoms with Crippen LogP contribution in [0.4, 0.5) is 11.8 Å². The third-order valence-corrected chi connectivity index (χ3v) is 4.67. The standard InChI is InChI=1S/C16H21N7O.H2/c1-16(2)12(7-13(16)24)21-14-10(8-17)9-19-15(22-14)18-5-3-11-4-6-20-23-11;/h4,6,9,12-13,24H,3,5,7H2,1-2H3,(H,20,23)(H2,18,19,21,22);1H/t12-,13+;/m1./s1. The van der Waals surface area contributed by atoms with Crippen LogP contribution >= 0.6 is 0 Å². The molecule has 0 saturated heterocycles. The Morgan fingerprint density at radius 2 is 2.38 bits per heavy atom. The zero-order valence-corrected chi connectivity index (χ0v) is 13.7. The Morgan fingerprint density at radius 1 is 1.54 bits per heavy atom. The van der Waals surface area contributed by atoms with Gasteiger partial charge in [-0.3, -0.25) is 5.10 Å². The Balaban J connectivity index is 0.00000225. The van der Waals surface area contributed by atoms with Crippen LogP contribution in [0.15, 0.2) is 18.5 Å². The molecule has 1 aliphatic rings. The number of hydrogen-bond donors (Lipinski definition) is 4. The highest BCUT2D eigenvalue weighted by Crippen LogP contribution is 2.42. The minimum atomic E-state index is -0.339. The highest BCUT2D eigenvalue weighted by molar-refractivity contribution is 5.54. The first-order valence-electron chi connectivity index (χ1n) is 7.94. The van der Waals surface area contributed by atoms with Gasteiger partial charge >= 0.3 is 0 Å². The van der Waals surface area contributed by atoms with E-state index in [1.165, 1.54) is 6.20 Å². The first kappa shape index (κ1) is 16.2. The summed E-state index contributed by atoms with van der Waals surface area (Å²) in [5, 5.41) is 32.3. The number of hydrogen-bond acceptors (Lipinski definition) is 7. The molecule has 8 nitrogen and oxygen atoms in total. The van der Waals surface area contributed by atoms with Gasteiger partial charge in [0.15, 0.2) is 0 Å². The van der Waals surface area contributed by atoms with E-state index >= 15 is 0 Å². The Kier molecular flexibility index (Phi) is 4.36. The number of H-pyrrole nitrogens is 1. The third-order valence-electron chi connectivity index (χ3n) is 4.67. The van der Waals surface area contributed by atoms with Crippen molar-refractivity contribution in [1.82, 2.24) is 20.2 Å². The average Bonchev–Trinajstić information content (AvgIpc) is 3.08. The van der Waals surface area contributed by atoms with Crippen LogP contribution in [0.3, 0.4) is 0 Å². The van der Waals surface area contributed by atoms with E-state index in [1.807, 2.05) is 19.9 Å². The third kappa shape index (κ3) is 3.16. The molecule has 8 heteroatoms. The molecule has 3 rings (SSSR count). The van der Waals surface area contributed by atoms with Gasteiger partial charge in [-0.2, -0.15) is 15.3 Å². The fourth-order valence-corrected chi connectivity index (χ4v) is 2.70. The van der Waals surface area contributed by atoms with Crippen molar-refractivity contribution in [2.45, 2.75) is 38.8 Å². The smallest absolute Gasteiger partial charge is 0.224 e. The average molecular weight is 329 g/mol. The summed E-state index contributed by atoms with van der Waals surface area (Å²) in [6, 6.07) is 4.09. The molecule has 0 spiro atoms. The maximum absolute atomic E-state index is 9.85. The molecular formula is C16H23N7O. The molecule has 1 fully saturated rings. The van der Waals surface area contributed by atoms with Crippen LogP contribution in [0.2, 0.25) is 0 Å². The number of aliphatic hydroxyl groups is 1. The van der Waals surface area contributed by atoms with Crippen LogP contribution in [0, 0.1) is 16.7 Å². The molecule has 1 aliphatic carbocycles. The van der Waals surface area contributed by atoms with Gasteiger partial charge in [0, 0.05) is 37.7 Å². The Hall–Kier alpha value is -2.66. The van der Waals surface area contributed by atoms with Gasteiger partial charge in [0.25, 0.3) is 0 Å². The zero-order valence-electron chi connectivity index (χ0n) is 13.7. The van der Waals surface area contributed by atoms with Crippen molar-refractivity contribution in [1.29, 1.82) is 5.26 Å². The molecule has 2 atom stereocenters. The number of aliphatic hydroxyl groups excluding tert-OH is 1. The monoisotopic (exact) mass is 329 g/mol. The summed E-state index contributed by atoms with van der Waals surface area (Å²) < 4.78 is 0. The lowest BCUT2D eigenvalue weighted by Crippen LogP contribution is -2.57. The summed E-state index contributed by atoms with van der Waals surface area (Å²) in [6.45, 7) is 4.65. The van der Waals surface area contributed by atoms with Gasteiger partial charge in [-0.05, 0) is 12.5 Å². The first-order chi connectivity index (χ1) is 11.5. The van der Waals surface area contributed by atoms with Crippen LogP contribution in [-0.2, 0) is 6.42 Å². The normalized spacial score (nSPS) is 21.6. The quantitative estimate of drug-likeness (QED) is 0.634. The van der Waals surface area contributed by atoms with Crippen molar-refractivity contribution in [3.8, 4) is 6.07 Å². The van der Waals surface area contributed by atoms with Crippen molar-refractivity contribution in [3.05, 3.63) is 29.7 Å². The van der Waals surface area contributed by atoms with E-state index in [0.29, 0.717) is 30.3 Å². The largest absolute Gasteiger partial charge is 0.392 e. The minimum Gasteiger partial charge on any atom is -0.392 e. The van der Waals surface area contributed by atoms with Gasteiger partial charge in [-0.25, -0.2) is 4.98 Å². The molecule has 24 heavy (non-hydrogen) atoms. The van der Waals surface area contributed by atoms with E-state index in [9.17, 15) is 10.4 Å². The predicted octanol–water partition coefficient (Wildman–Crippen LogP) is 1.54. The minimum absolute atomic E-state index is 0. The lowest BCUT2D eigenvalue weighted by atomic mass is 9.64. The number of anilines is 2. The molecular weight excluding hydrogens is 306 g/mol. The van der Waals surface area contributed by atoms with Crippen molar-refractivity contribution < 1.29 is 6.53 Å². The Bertz CT molecular complexity index is 741. The van der Waals surface area contributed by atoms with E-state index < -0.39 is 0 Å². The first-order valence-corrected chi connectivity index (χ1v) is 7.94. The topological polar surface area (TPSA) is 123 Å². The molecule has 128 valence electrons. The van der Waals surface area contributed by atoms with Crippen molar-refractivity contribution in [2.24, 2.45) is 5.41 Å². The Morgan fingerprint density at radius 3 is 3.00 bits per heavy atom. The molecule has 2 aromatic heterocycles. The van der Waals surface area contributed by atoms with Crippen LogP contribution < -0.4 is 10.6 Å². The summed E-state index contributed by atoms with van der Waals surface area (Å²) in [5.74, 6) is 0.968. The number of aromatic nitrogens is 4. The SMILES string of the molecule is CC1(C)[C@@H](O)C[C@H]1Nc1nc(NCCc2ccn[nH]2)ncc1C#N.[HH]. The van der Waals surface area contributed by atoms with E-state index in [1.54, 1.807) is 6.20 Å². The highest BCUT2D eigenvalue weighted by atomic mass is 16.3. The number of nitriles is 1. The fraction of sp³-hybridized carbons (Fsp3) is 0.500. The lowest BCUT2D eigenvalue weighted by molar-refractivity contribution is -0.0511. The number of aromatic amines is 1. The molecule has 0 amide bonds. The van der Waals surface area contributed by atoms with E-state index in [-0.39, 0.29) is 19.0 Å². The molecule has 1 saturated carbocycles. The highest BCUT2D eigenvalue weighted by Gasteiger charge is 2.47. The van der Waals surface area contributed by atoms with Gasteiger partial charge in [0.1, 0.15) is 17.5 Å². The van der Waals surface area contributed by atoms with Crippen LogP contribution in [0.25, 0.3) is 0 Å². The van der Waals surface area contributed by atoms with Crippen molar-refractivity contribution in [2.75, 3.05) is 17.2 Å². The fourth-order valence-electron chi connectivity index (χ4n) is 2.70. The lowest BCUT2D eigenvalue weighted by Gasteiger charge is -2.49. The second-order valence-corrected chi connectivity index (χ2v) is 6.60. The van der Waals surface area contributed by atoms with Gasteiger partial charge in [-0.1, -0.05) is 13.8 Å². The van der Waals surface area contributed by atoms with Crippen LogP contribution in [0.1, 0.15) is 33.0 Å². The van der Waals surface area contributed by atoms with E-state index in [2.05, 4.69) is 36.9 Å². The van der Waals surface area contributed by atoms with Crippen LogP contribution in [0.5, 0.6) is 0 Å². The van der Waals surface area contributed by atoms with Gasteiger partial charge in [0.2, 0.25) is 5.95 Å². The zero-order chi connectivity index (χ0) is 17.2. The molecule has 2 heterocycles. The van der Waals surface area contributed by atoms with Crippen LogP contribution in [-0.4, -0.2) is 44.0 Å². The second-order valence-electron chi connectivity index (χ2n) is 6.60. The van der Waals surface area contributed by atoms with Crippen molar-refractivity contribution >= 4 is 11.8 Å². The molecule has 0 bridgehead atoms. The van der Waals surface area contributed by atoms with Gasteiger partial charge < -0.3 is 15.7 Å². The predicted molar refractivity (Wildman–Crippen MR) is 91.5 cm³/mol. The summed E-state index contributed by atoms with van der Waals surface area (Å²) in [5.41, 5.74) is 1.18. The maximum atomic E-state index is 9.85. The summed E-state index contributed by atoms with van der Waals surface area (Å²) in [7, 11) is 0. The molecule has 0 aromatic carbocycles. The summed E-state index contributed by atoms with van der Waals surface area (Å²) in [4.78, 5) is 8.58. The Labute approximate surface area is 141 Å². The second kappa shape index (κ2) is 6.45. The molecule has 0 radical (unpaired) electrons.